The number of carbonyl (C=O) groups is 1. The smallest absolute Gasteiger partial charge is 0.175 e. The van der Waals surface area contributed by atoms with Crippen LogP contribution in [0.3, 0.4) is 0 Å². The zero-order valence-corrected chi connectivity index (χ0v) is 12.4. The van der Waals surface area contributed by atoms with E-state index >= 15 is 0 Å². The van der Waals surface area contributed by atoms with E-state index < -0.39 is 0 Å². The Labute approximate surface area is 120 Å². The fourth-order valence-electron chi connectivity index (χ4n) is 1.59. The largest absolute Gasteiger partial charge is 0.293 e. The molecule has 2 rings (SSSR count). The fourth-order valence-corrected chi connectivity index (χ4v) is 3.29. The topological polar surface area (TPSA) is 17.1 Å². The van der Waals surface area contributed by atoms with E-state index in [4.69, 9.17) is 23.2 Å². The van der Waals surface area contributed by atoms with Gasteiger partial charge in [0, 0.05) is 21.4 Å². The van der Waals surface area contributed by atoms with Crippen LogP contribution in [0, 0.1) is 5.92 Å². The van der Waals surface area contributed by atoms with Crippen LogP contribution in [0.5, 0.6) is 0 Å². The molecule has 0 saturated heterocycles. The van der Waals surface area contributed by atoms with E-state index in [1.165, 1.54) is 11.3 Å². The Morgan fingerprint density at radius 1 is 1.17 bits per heavy atom. The molecule has 4 heteroatoms. The molecule has 2 aromatic rings. The third kappa shape index (κ3) is 2.77. The Hall–Kier alpha value is -0.830. The quantitative estimate of drug-likeness (QED) is 0.678. The van der Waals surface area contributed by atoms with E-state index in [1.807, 2.05) is 32.0 Å². The monoisotopic (exact) mass is 298 g/mol. The maximum absolute atomic E-state index is 11.9. The summed E-state index contributed by atoms with van der Waals surface area (Å²) in [5.41, 5.74) is 0.911. The van der Waals surface area contributed by atoms with Crippen LogP contribution in [0.25, 0.3) is 10.4 Å². The van der Waals surface area contributed by atoms with Gasteiger partial charge in [0.15, 0.2) is 5.78 Å². The maximum atomic E-state index is 11.9. The Morgan fingerprint density at radius 3 is 2.50 bits per heavy atom. The van der Waals surface area contributed by atoms with Gasteiger partial charge < -0.3 is 0 Å². The van der Waals surface area contributed by atoms with Crippen molar-refractivity contribution in [2.75, 3.05) is 0 Å². The van der Waals surface area contributed by atoms with Gasteiger partial charge in [-0.1, -0.05) is 43.1 Å². The number of benzene rings is 1. The summed E-state index contributed by atoms with van der Waals surface area (Å²) < 4.78 is 0. The molecule has 1 heterocycles. The Bertz CT molecular complexity index is 587. The van der Waals surface area contributed by atoms with Crippen LogP contribution in [0.15, 0.2) is 30.3 Å². The number of Topliss-reactive ketones (excluding diaryl/α,β-unsaturated/α-hetero) is 1. The number of hydrogen-bond donors (Lipinski definition) is 0. The Kier molecular flexibility index (Phi) is 4.10. The van der Waals surface area contributed by atoms with Gasteiger partial charge in [-0.25, -0.2) is 0 Å². The highest BCUT2D eigenvalue weighted by atomic mass is 35.5. The van der Waals surface area contributed by atoms with Crippen molar-refractivity contribution >= 4 is 40.3 Å². The van der Waals surface area contributed by atoms with Gasteiger partial charge in [-0.15, -0.1) is 11.3 Å². The van der Waals surface area contributed by atoms with Crippen LogP contribution in [0.2, 0.25) is 10.0 Å². The maximum Gasteiger partial charge on any atom is 0.175 e. The SMILES string of the molecule is CC(C)C(=O)c1ccc(-c2ccc(Cl)cc2Cl)s1. The van der Waals surface area contributed by atoms with E-state index in [9.17, 15) is 4.79 Å². The highest BCUT2D eigenvalue weighted by Crippen LogP contribution is 2.35. The highest BCUT2D eigenvalue weighted by molar-refractivity contribution is 7.17. The fraction of sp³-hybridized carbons (Fsp3) is 0.214. The average molecular weight is 299 g/mol. The van der Waals surface area contributed by atoms with Crippen LogP contribution >= 0.6 is 34.5 Å². The van der Waals surface area contributed by atoms with Gasteiger partial charge in [0.05, 0.1) is 9.90 Å². The summed E-state index contributed by atoms with van der Waals surface area (Å²) in [5, 5.41) is 1.21. The number of thiophene rings is 1. The number of rotatable bonds is 3. The lowest BCUT2D eigenvalue weighted by atomic mass is 10.1. The lowest BCUT2D eigenvalue weighted by molar-refractivity contribution is 0.0943. The summed E-state index contributed by atoms with van der Waals surface area (Å²) in [6.07, 6.45) is 0. The minimum absolute atomic E-state index is 0.0113. The molecule has 0 unspecified atom stereocenters. The summed E-state index contributed by atoms with van der Waals surface area (Å²) in [6, 6.07) is 9.16. The van der Waals surface area contributed by atoms with E-state index in [0.29, 0.717) is 10.0 Å². The standard InChI is InChI=1S/C14H12Cl2OS/c1-8(2)14(17)13-6-5-12(18-13)10-4-3-9(15)7-11(10)16/h3-8H,1-2H3. The van der Waals surface area contributed by atoms with Gasteiger partial charge in [0.2, 0.25) is 0 Å². The summed E-state index contributed by atoms with van der Waals surface area (Å²) in [7, 11) is 0. The minimum atomic E-state index is 0.0113. The molecular formula is C14H12Cl2OS. The highest BCUT2D eigenvalue weighted by Gasteiger charge is 2.14. The van der Waals surface area contributed by atoms with Gasteiger partial charge in [-0.05, 0) is 24.3 Å². The first kappa shape index (κ1) is 13.6. The van der Waals surface area contributed by atoms with Crippen molar-refractivity contribution in [1.82, 2.24) is 0 Å². The van der Waals surface area contributed by atoms with Crippen LogP contribution in [-0.2, 0) is 0 Å². The van der Waals surface area contributed by atoms with Crippen LogP contribution in [0.4, 0.5) is 0 Å². The van der Waals surface area contributed by atoms with Crippen LogP contribution < -0.4 is 0 Å². The molecule has 0 aliphatic rings. The van der Waals surface area contributed by atoms with Crippen molar-refractivity contribution in [3.05, 3.63) is 45.3 Å². The molecule has 0 amide bonds. The molecule has 0 fully saturated rings. The summed E-state index contributed by atoms with van der Waals surface area (Å²) in [5.74, 6) is 0.175. The molecule has 0 saturated carbocycles. The molecule has 0 aliphatic carbocycles. The first-order valence-electron chi connectivity index (χ1n) is 5.58. The number of hydrogen-bond acceptors (Lipinski definition) is 2. The van der Waals surface area contributed by atoms with Gasteiger partial charge in [0.25, 0.3) is 0 Å². The third-order valence-corrected chi connectivity index (χ3v) is 4.25. The second-order valence-electron chi connectivity index (χ2n) is 4.31. The molecule has 94 valence electrons. The molecular weight excluding hydrogens is 287 g/mol. The molecule has 1 aromatic carbocycles. The van der Waals surface area contributed by atoms with Crippen molar-refractivity contribution in [3.8, 4) is 10.4 Å². The Balaban J connectivity index is 2.38. The van der Waals surface area contributed by atoms with Crippen molar-refractivity contribution in [3.63, 3.8) is 0 Å². The van der Waals surface area contributed by atoms with Crippen molar-refractivity contribution < 1.29 is 4.79 Å². The summed E-state index contributed by atoms with van der Waals surface area (Å²) in [4.78, 5) is 13.6. The second kappa shape index (κ2) is 5.43. The molecule has 0 atom stereocenters. The van der Waals surface area contributed by atoms with Crippen molar-refractivity contribution in [1.29, 1.82) is 0 Å². The van der Waals surface area contributed by atoms with Crippen LogP contribution in [-0.4, -0.2) is 5.78 Å². The minimum Gasteiger partial charge on any atom is -0.293 e. The summed E-state index contributed by atoms with van der Waals surface area (Å²) in [6.45, 7) is 3.80. The lowest BCUT2D eigenvalue weighted by Crippen LogP contribution is -2.04. The predicted molar refractivity (Wildman–Crippen MR) is 78.9 cm³/mol. The first-order chi connectivity index (χ1) is 8.49. The molecule has 0 spiro atoms. The third-order valence-electron chi connectivity index (χ3n) is 2.57. The lowest BCUT2D eigenvalue weighted by Gasteiger charge is -2.02. The molecule has 1 aromatic heterocycles. The van der Waals surface area contributed by atoms with E-state index in [0.717, 1.165) is 15.3 Å². The van der Waals surface area contributed by atoms with E-state index in [1.54, 1.807) is 12.1 Å². The first-order valence-corrected chi connectivity index (χ1v) is 7.15. The molecule has 18 heavy (non-hydrogen) atoms. The number of halogens is 2. The van der Waals surface area contributed by atoms with Crippen molar-refractivity contribution in [2.45, 2.75) is 13.8 Å². The van der Waals surface area contributed by atoms with Crippen LogP contribution in [0.1, 0.15) is 23.5 Å². The average Bonchev–Trinajstić information content (AvgIpc) is 2.77. The second-order valence-corrected chi connectivity index (χ2v) is 6.23. The number of ketones is 1. The van der Waals surface area contributed by atoms with Gasteiger partial charge >= 0.3 is 0 Å². The zero-order valence-electron chi connectivity index (χ0n) is 10.0. The van der Waals surface area contributed by atoms with Gasteiger partial charge in [-0.2, -0.15) is 0 Å². The van der Waals surface area contributed by atoms with E-state index in [-0.39, 0.29) is 11.7 Å². The van der Waals surface area contributed by atoms with Crippen molar-refractivity contribution in [2.24, 2.45) is 5.92 Å². The van der Waals surface area contributed by atoms with Gasteiger partial charge in [0.1, 0.15) is 0 Å². The normalized spacial score (nSPS) is 10.9. The predicted octanol–water partition coefficient (Wildman–Crippen LogP) is 5.56. The summed E-state index contributed by atoms with van der Waals surface area (Å²) >= 11 is 13.5. The zero-order chi connectivity index (χ0) is 13.3. The molecule has 0 bridgehead atoms. The van der Waals surface area contributed by atoms with E-state index in [2.05, 4.69) is 0 Å². The number of carbonyl (C=O) groups excluding carboxylic acids is 1. The molecule has 0 aliphatic heterocycles. The molecule has 0 radical (unpaired) electrons. The molecule has 1 nitrogen and oxygen atoms in total. The Morgan fingerprint density at radius 2 is 1.89 bits per heavy atom. The van der Waals surface area contributed by atoms with Gasteiger partial charge in [-0.3, -0.25) is 4.79 Å². The molecule has 0 N–H and O–H groups in total.